The van der Waals surface area contributed by atoms with E-state index in [4.69, 9.17) is 9.84 Å². The maximum Gasteiger partial charge on any atom is 0.335 e. The second-order valence-corrected chi connectivity index (χ2v) is 5.26. The summed E-state index contributed by atoms with van der Waals surface area (Å²) in [6, 6.07) is 11.0. The number of phenolic OH excluding ortho intramolecular Hbond substituents is 1. The van der Waals surface area contributed by atoms with Crippen molar-refractivity contribution in [3.05, 3.63) is 59.2 Å². The van der Waals surface area contributed by atoms with Crippen molar-refractivity contribution >= 4 is 11.8 Å². The number of Topliss-reactive ketones (excluding diaryl/α,β-unsaturated/α-hetero) is 1. The van der Waals surface area contributed by atoms with Gasteiger partial charge < -0.3 is 14.9 Å². The minimum atomic E-state index is -0.997. The quantitative estimate of drug-likeness (QED) is 0.909. The van der Waals surface area contributed by atoms with Gasteiger partial charge in [-0.3, -0.25) is 4.79 Å². The van der Waals surface area contributed by atoms with E-state index in [0.29, 0.717) is 17.7 Å². The fraction of sp³-hybridized carbons (Fsp3) is 0.176. The number of hydrogen-bond acceptors (Lipinski definition) is 4. The summed E-state index contributed by atoms with van der Waals surface area (Å²) in [7, 11) is 0. The van der Waals surface area contributed by atoms with Crippen LogP contribution in [0.2, 0.25) is 0 Å². The number of carbonyl (C=O) groups is 2. The van der Waals surface area contributed by atoms with Crippen LogP contribution in [0.1, 0.15) is 26.3 Å². The second-order valence-electron chi connectivity index (χ2n) is 5.26. The number of ether oxygens (including phenoxy) is 1. The molecule has 1 aliphatic heterocycles. The van der Waals surface area contributed by atoms with E-state index < -0.39 is 11.9 Å². The molecule has 22 heavy (non-hydrogen) atoms. The van der Waals surface area contributed by atoms with Gasteiger partial charge >= 0.3 is 5.97 Å². The van der Waals surface area contributed by atoms with Gasteiger partial charge in [-0.25, -0.2) is 4.79 Å². The van der Waals surface area contributed by atoms with Crippen LogP contribution in [0.4, 0.5) is 0 Å². The molecular formula is C17H14O5. The van der Waals surface area contributed by atoms with Gasteiger partial charge in [-0.05, 0) is 42.3 Å². The number of rotatable bonds is 3. The number of benzene rings is 2. The molecule has 5 nitrogen and oxygen atoms in total. The number of carboxylic acid groups (broad SMARTS) is 1. The third kappa shape index (κ3) is 2.65. The van der Waals surface area contributed by atoms with Crippen LogP contribution < -0.4 is 4.74 Å². The summed E-state index contributed by atoms with van der Waals surface area (Å²) in [5.74, 6) is -0.998. The summed E-state index contributed by atoms with van der Waals surface area (Å²) in [4.78, 5) is 23.5. The molecule has 0 spiro atoms. The van der Waals surface area contributed by atoms with Gasteiger partial charge in [0.15, 0.2) is 5.78 Å². The zero-order chi connectivity index (χ0) is 15.7. The Bertz CT molecular complexity index is 750. The predicted octanol–water partition coefficient (Wildman–Crippen LogP) is 2.52. The van der Waals surface area contributed by atoms with Crippen LogP contribution >= 0.6 is 0 Å². The van der Waals surface area contributed by atoms with Crippen LogP contribution in [-0.4, -0.2) is 28.6 Å². The molecule has 0 aliphatic carbocycles. The van der Waals surface area contributed by atoms with E-state index in [9.17, 15) is 14.7 Å². The number of aromatic hydroxyl groups is 1. The summed E-state index contributed by atoms with van der Waals surface area (Å²) in [6.07, 6.45) is 0.398. The molecule has 0 fully saturated rings. The molecule has 0 saturated carbocycles. The summed E-state index contributed by atoms with van der Waals surface area (Å²) in [6.45, 7) is 0.244. The summed E-state index contributed by atoms with van der Waals surface area (Å²) in [5, 5.41) is 18.5. The summed E-state index contributed by atoms with van der Waals surface area (Å²) < 4.78 is 5.56. The van der Waals surface area contributed by atoms with Gasteiger partial charge in [0.05, 0.1) is 23.7 Å². The van der Waals surface area contributed by atoms with E-state index >= 15 is 0 Å². The lowest BCUT2D eigenvalue weighted by Gasteiger charge is -2.24. The van der Waals surface area contributed by atoms with Gasteiger partial charge in [0.25, 0.3) is 0 Å². The summed E-state index contributed by atoms with van der Waals surface area (Å²) in [5.41, 5.74) is 1.33. The van der Waals surface area contributed by atoms with Gasteiger partial charge in [0.1, 0.15) is 11.5 Å². The Labute approximate surface area is 126 Å². The maximum atomic E-state index is 12.5. The lowest BCUT2D eigenvalue weighted by Crippen LogP contribution is -2.29. The minimum Gasteiger partial charge on any atom is -0.508 e. The Hall–Kier alpha value is -2.82. The Morgan fingerprint density at radius 3 is 2.82 bits per heavy atom. The van der Waals surface area contributed by atoms with Crippen LogP contribution in [0.15, 0.2) is 42.5 Å². The Balaban J connectivity index is 1.84. The van der Waals surface area contributed by atoms with Crippen molar-refractivity contribution in [3.63, 3.8) is 0 Å². The minimum absolute atomic E-state index is 0.0178. The molecule has 1 unspecified atom stereocenters. The van der Waals surface area contributed by atoms with Crippen molar-refractivity contribution in [1.82, 2.24) is 0 Å². The van der Waals surface area contributed by atoms with Crippen molar-refractivity contribution in [2.24, 2.45) is 5.92 Å². The monoisotopic (exact) mass is 298 g/mol. The van der Waals surface area contributed by atoms with E-state index in [1.807, 2.05) is 0 Å². The third-order valence-corrected chi connectivity index (χ3v) is 3.70. The zero-order valence-corrected chi connectivity index (χ0v) is 11.7. The lowest BCUT2D eigenvalue weighted by atomic mass is 9.89. The average Bonchev–Trinajstić information content (AvgIpc) is 2.51. The van der Waals surface area contributed by atoms with Gasteiger partial charge in [-0.2, -0.15) is 0 Å². The van der Waals surface area contributed by atoms with Crippen molar-refractivity contribution < 1.29 is 24.5 Å². The highest BCUT2D eigenvalue weighted by Crippen LogP contribution is 2.31. The maximum absolute atomic E-state index is 12.5. The highest BCUT2D eigenvalue weighted by atomic mass is 16.5. The predicted molar refractivity (Wildman–Crippen MR) is 78.5 cm³/mol. The molecule has 5 heteroatoms. The van der Waals surface area contributed by atoms with E-state index in [1.54, 1.807) is 24.3 Å². The van der Waals surface area contributed by atoms with Crippen molar-refractivity contribution in [2.45, 2.75) is 6.42 Å². The molecule has 0 aromatic heterocycles. The largest absolute Gasteiger partial charge is 0.508 e. The first-order chi connectivity index (χ1) is 10.5. The molecule has 0 bridgehead atoms. The van der Waals surface area contributed by atoms with Crippen LogP contribution in [0, 0.1) is 5.92 Å². The highest BCUT2D eigenvalue weighted by molar-refractivity contribution is 6.01. The Morgan fingerprint density at radius 2 is 2.05 bits per heavy atom. The molecule has 1 aliphatic rings. The molecule has 0 amide bonds. The standard InChI is InChI=1S/C17H14O5/c18-13-4-5-15-14(8-13)16(19)12(9-22-15)7-10-2-1-3-11(6-10)17(20)21/h1-6,8,12,18H,7,9H2,(H,20,21). The molecule has 0 saturated heterocycles. The molecular weight excluding hydrogens is 284 g/mol. The Morgan fingerprint density at radius 1 is 1.23 bits per heavy atom. The summed E-state index contributed by atoms with van der Waals surface area (Å²) >= 11 is 0. The van der Waals surface area contributed by atoms with Crippen LogP contribution in [0.5, 0.6) is 11.5 Å². The normalized spacial score (nSPS) is 16.7. The van der Waals surface area contributed by atoms with E-state index in [1.165, 1.54) is 18.2 Å². The zero-order valence-electron chi connectivity index (χ0n) is 11.7. The van der Waals surface area contributed by atoms with Crippen molar-refractivity contribution in [3.8, 4) is 11.5 Å². The Kier molecular flexibility index (Phi) is 3.55. The second kappa shape index (κ2) is 5.52. The van der Waals surface area contributed by atoms with Crippen LogP contribution in [-0.2, 0) is 6.42 Å². The topological polar surface area (TPSA) is 83.8 Å². The fourth-order valence-corrected chi connectivity index (χ4v) is 2.59. The molecule has 2 N–H and O–H groups in total. The van der Waals surface area contributed by atoms with Gasteiger partial charge in [0.2, 0.25) is 0 Å². The molecule has 0 radical (unpaired) electrons. The van der Waals surface area contributed by atoms with Crippen LogP contribution in [0.3, 0.4) is 0 Å². The number of ketones is 1. The molecule has 2 aromatic rings. The number of aromatic carboxylic acids is 1. The average molecular weight is 298 g/mol. The lowest BCUT2D eigenvalue weighted by molar-refractivity contribution is 0.0696. The number of hydrogen-bond donors (Lipinski definition) is 2. The SMILES string of the molecule is O=C(O)c1cccc(CC2COc3ccc(O)cc3C2=O)c1. The molecule has 1 atom stereocenters. The third-order valence-electron chi connectivity index (χ3n) is 3.70. The first kappa shape index (κ1) is 14.1. The van der Waals surface area contributed by atoms with E-state index in [-0.39, 0.29) is 23.7 Å². The van der Waals surface area contributed by atoms with E-state index in [2.05, 4.69) is 0 Å². The highest BCUT2D eigenvalue weighted by Gasteiger charge is 2.29. The molecule has 1 heterocycles. The van der Waals surface area contributed by atoms with Gasteiger partial charge in [-0.1, -0.05) is 12.1 Å². The van der Waals surface area contributed by atoms with E-state index in [0.717, 1.165) is 5.56 Å². The smallest absolute Gasteiger partial charge is 0.335 e. The molecule has 2 aromatic carbocycles. The molecule has 3 rings (SSSR count). The first-order valence-corrected chi connectivity index (χ1v) is 6.87. The number of fused-ring (bicyclic) bond motifs is 1. The number of carbonyl (C=O) groups excluding carboxylic acids is 1. The fourth-order valence-electron chi connectivity index (χ4n) is 2.59. The number of carboxylic acids is 1. The number of phenols is 1. The van der Waals surface area contributed by atoms with Crippen LogP contribution in [0.25, 0.3) is 0 Å². The van der Waals surface area contributed by atoms with Crippen molar-refractivity contribution in [1.29, 1.82) is 0 Å². The van der Waals surface area contributed by atoms with Crippen molar-refractivity contribution in [2.75, 3.05) is 6.61 Å². The molecule has 112 valence electrons. The van der Waals surface area contributed by atoms with Gasteiger partial charge in [-0.15, -0.1) is 0 Å². The first-order valence-electron chi connectivity index (χ1n) is 6.87. The van der Waals surface area contributed by atoms with Gasteiger partial charge in [0, 0.05) is 0 Å².